The van der Waals surface area contributed by atoms with Crippen molar-refractivity contribution in [3.63, 3.8) is 0 Å². The van der Waals surface area contributed by atoms with Crippen LogP contribution in [0.4, 0.5) is 4.39 Å². The Morgan fingerprint density at radius 1 is 0.841 bits per heavy atom. The molecule has 5 N–H and O–H groups in total. The minimum atomic E-state index is -1.19. The third-order valence-corrected chi connectivity index (χ3v) is 7.56. The number of carboxylic acid groups (broad SMARTS) is 1. The van der Waals surface area contributed by atoms with Gasteiger partial charge < -0.3 is 30.3 Å². The summed E-state index contributed by atoms with van der Waals surface area (Å²) in [5.41, 5.74) is 5.72. The van der Waals surface area contributed by atoms with E-state index in [2.05, 4.69) is 5.32 Å². The molecule has 0 saturated carbocycles. The van der Waals surface area contributed by atoms with Gasteiger partial charge in [0, 0.05) is 29.4 Å². The van der Waals surface area contributed by atoms with Crippen LogP contribution >= 0.6 is 0 Å². The molecule has 1 heterocycles. The van der Waals surface area contributed by atoms with Gasteiger partial charge in [-0.05, 0) is 67.5 Å². The van der Waals surface area contributed by atoms with E-state index in [0.717, 1.165) is 27.9 Å². The molecule has 0 bridgehead atoms. The molecular weight excluding hydrogens is 563 g/mol. The van der Waals surface area contributed by atoms with Gasteiger partial charge in [0.2, 0.25) is 0 Å². The van der Waals surface area contributed by atoms with E-state index in [-0.39, 0.29) is 37.9 Å². The summed E-state index contributed by atoms with van der Waals surface area (Å²) >= 11 is 0. The maximum atomic E-state index is 14.1. The lowest BCUT2D eigenvalue weighted by Crippen LogP contribution is -2.27. The molecule has 0 spiro atoms. The molecule has 4 rings (SSSR count). The van der Waals surface area contributed by atoms with Gasteiger partial charge >= 0.3 is 5.97 Å². The highest BCUT2D eigenvalue weighted by Gasteiger charge is 2.30. The minimum absolute atomic E-state index is 0.0723. The molecule has 0 aliphatic rings. The second kappa shape index (κ2) is 14.9. The molecule has 2 unspecified atom stereocenters. The number of aromatic nitrogens is 1. The number of carbonyl (C=O) groups is 2. The molecule has 0 aliphatic carbocycles. The van der Waals surface area contributed by atoms with Crippen molar-refractivity contribution in [2.75, 3.05) is 0 Å². The highest BCUT2D eigenvalue weighted by Crippen LogP contribution is 2.42. The van der Waals surface area contributed by atoms with Crippen molar-refractivity contribution in [1.82, 2.24) is 9.88 Å². The Kier molecular flexibility index (Phi) is 11.1. The lowest BCUT2D eigenvalue weighted by atomic mass is 9.92. The normalized spacial score (nSPS) is 12.7. The van der Waals surface area contributed by atoms with Gasteiger partial charge in [0.25, 0.3) is 5.91 Å². The van der Waals surface area contributed by atoms with Crippen LogP contribution in [-0.2, 0) is 24.4 Å². The average Bonchev–Trinajstić information content (AvgIpc) is 3.35. The lowest BCUT2D eigenvalue weighted by Gasteiger charge is -2.20. The number of nitrogens with one attached hydrogen (secondary N) is 1. The molecule has 9 heteroatoms. The molecule has 0 aliphatic heterocycles. The van der Waals surface area contributed by atoms with Crippen molar-refractivity contribution in [1.29, 1.82) is 0 Å². The van der Waals surface area contributed by atoms with Gasteiger partial charge in [-0.1, -0.05) is 66.7 Å². The molecule has 232 valence electrons. The van der Waals surface area contributed by atoms with Gasteiger partial charge in [-0.3, -0.25) is 9.59 Å². The molecule has 1 amide bonds. The minimum Gasteiger partial charge on any atom is -0.481 e. The number of carboxylic acids is 1. The first kappa shape index (κ1) is 32.6. The Balaban J connectivity index is 1.83. The van der Waals surface area contributed by atoms with Crippen LogP contribution in [0.15, 0.2) is 78.9 Å². The van der Waals surface area contributed by atoms with Crippen LogP contribution in [0.25, 0.3) is 22.3 Å². The van der Waals surface area contributed by atoms with Crippen molar-refractivity contribution < 1.29 is 34.4 Å². The van der Waals surface area contributed by atoms with E-state index in [1.54, 1.807) is 24.3 Å². The van der Waals surface area contributed by atoms with E-state index in [4.69, 9.17) is 5.11 Å². The number of carbonyl (C=O) groups excluding carboxylic acids is 1. The van der Waals surface area contributed by atoms with Crippen molar-refractivity contribution in [3.05, 3.63) is 107 Å². The maximum Gasteiger partial charge on any atom is 0.305 e. The first-order valence-corrected chi connectivity index (χ1v) is 14.7. The van der Waals surface area contributed by atoms with Crippen molar-refractivity contribution >= 4 is 11.9 Å². The van der Waals surface area contributed by atoms with Crippen LogP contribution in [0.1, 0.15) is 66.5 Å². The Hall–Kier alpha value is -4.31. The fraction of sp³-hybridized carbons (Fsp3) is 0.314. The van der Waals surface area contributed by atoms with Crippen molar-refractivity contribution in [2.45, 2.75) is 70.9 Å². The summed E-state index contributed by atoms with van der Waals surface area (Å²) < 4.78 is 16.0. The second-order valence-corrected chi connectivity index (χ2v) is 11.2. The summed E-state index contributed by atoms with van der Waals surface area (Å²) in [7, 11) is 0. The molecule has 8 nitrogen and oxygen atoms in total. The average molecular weight is 603 g/mol. The molecule has 1 aromatic heterocycles. The quantitative estimate of drug-likeness (QED) is 0.130. The van der Waals surface area contributed by atoms with Crippen molar-refractivity contribution in [2.24, 2.45) is 0 Å². The molecule has 0 saturated heterocycles. The Bertz CT molecular complexity index is 1550. The number of aliphatic carboxylic acids is 1. The zero-order chi connectivity index (χ0) is 31.8. The predicted octanol–water partition coefficient (Wildman–Crippen LogP) is 5.48. The van der Waals surface area contributed by atoms with Gasteiger partial charge in [-0.25, -0.2) is 4.39 Å². The van der Waals surface area contributed by atoms with Gasteiger partial charge in [0.05, 0.1) is 25.2 Å². The Morgan fingerprint density at radius 3 is 2.05 bits per heavy atom. The second-order valence-electron chi connectivity index (χ2n) is 11.2. The number of rotatable bonds is 14. The predicted molar refractivity (Wildman–Crippen MR) is 166 cm³/mol. The van der Waals surface area contributed by atoms with E-state index in [1.165, 1.54) is 12.1 Å². The largest absolute Gasteiger partial charge is 0.481 e. The Labute approximate surface area is 256 Å². The van der Waals surface area contributed by atoms with Crippen LogP contribution in [0.2, 0.25) is 0 Å². The monoisotopic (exact) mass is 602 g/mol. The summed E-state index contributed by atoms with van der Waals surface area (Å²) in [6.45, 7) is 4.11. The van der Waals surface area contributed by atoms with Gasteiger partial charge in [0.15, 0.2) is 0 Å². The van der Waals surface area contributed by atoms with Crippen LogP contribution in [0, 0.1) is 5.82 Å². The SMILES string of the molecule is CC(C)n1c(CCC(O)CC(O)CC(=O)O)c(-c2ccc(F)cc2)c(-c2ccccc2)c1C(=O)NCc1ccc(CO)cc1. The highest BCUT2D eigenvalue weighted by atomic mass is 19.1. The first-order chi connectivity index (χ1) is 21.1. The van der Waals surface area contributed by atoms with E-state index in [1.807, 2.05) is 60.9 Å². The smallest absolute Gasteiger partial charge is 0.305 e. The summed E-state index contributed by atoms with van der Waals surface area (Å²) in [4.78, 5) is 25.1. The zero-order valence-electron chi connectivity index (χ0n) is 24.9. The molecule has 4 aromatic rings. The van der Waals surface area contributed by atoms with Crippen LogP contribution in [0.5, 0.6) is 0 Å². The highest BCUT2D eigenvalue weighted by molar-refractivity contribution is 6.05. The number of nitrogens with zero attached hydrogens (tertiary/aromatic N) is 1. The number of hydrogen-bond acceptors (Lipinski definition) is 5. The first-order valence-electron chi connectivity index (χ1n) is 14.7. The summed E-state index contributed by atoms with van der Waals surface area (Å²) in [6.07, 6.45) is -2.24. The lowest BCUT2D eigenvalue weighted by molar-refractivity contribution is -0.139. The van der Waals surface area contributed by atoms with Gasteiger partial charge in [-0.2, -0.15) is 0 Å². The Morgan fingerprint density at radius 2 is 1.45 bits per heavy atom. The standard InChI is InChI=1S/C35H39FN2O6/c1-22(2)38-30(17-16-28(40)18-29(41)19-31(42)43)32(26-12-14-27(36)15-13-26)33(25-6-4-3-5-7-25)34(38)35(44)37-20-23-8-10-24(21-39)11-9-23/h3-15,22,28-29,39-41H,16-21H2,1-2H3,(H,37,44)(H,42,43). The topological polar surface area (TPSA) is 132 Å². The van der Waals surface area contributed by atoms with Crippen LogP contribution in [-0.4, -0.2) is 49.1 Å². The van der Waals surface area contributed by atoms with Crippen LogP contribution < -0.4 is 5.32 Å². The molecule has 0 fully saturated rings. The fourth-order valence-corrected chi connectivity index (χ4v) is 5.54. The van der Waals surface area contributed by atoms with E-state index in [0.29, 0.717) is 23.2 Å². The zero-order valence-corrected chi connectivity index (χ0v) is 24.9. The number of aliphatic hydroxyl groups is 3. The van der Waals surface area contributed by atoms with E-state index < -0.39 is 30.4 Å². The van der Waals surface area contributed by atoms with Gasteiger partial charge in [0.1, 0.15) is 11.5 Å². The number of benzene rings is 3. The third kappa shape index (κ3) is 7.99. The third-order valence-electron chi connectivity index (χ3n) is 7.56. The summed E-state index contributed by atoms with van der Waals surface area (Å²) in [5, 5.41) is 42.3. The fourth-order valence-electron chi connectivity index (χ4n) is 5.54. The molecule has 3 aromatic carbocycles. The molecule has 0 radical (unpaired) electrons. The molecule has 44 heavy (non-hydrogen) atoms. The number of amides is 1. The number of halogens is 1. The maximum absolute atomic E-state index is 14.1. The van der Waals surface area contributed by atoms with E-state index in [9.17, 15) is 29.3 Å². The summed E-state index contributed by atoms with van der Waals surface area (Å²) in [6, 6.07) is 22.7. The number of aliphatic hydroxyl groups excluding tert-OH is 3. The van der Waals surface area contributed by atoms with E-state index >= 15 is 0 Å². The number of hydrogen-bond donors (Lipinski definition) is 5. The summed E-state index contributed by atoms with van der Waals surface area (Å²) in [5.74, 6) is -1.85. The van der Waals surface area contributed by atoms with Crippen molar-refractivity contribution in [3.8, 4) is 22.3 Å². The van der Waals surface area contributed by atoms with Gasteiger partial charge in [-0.15, -0.1) is 0 Å². The molecular formula is C35H39FN2O6. The van der Waals surface area contributed by atoms with Crippen LogP contribution in [0.3, 0.4) is 0 Å². The molecule has 2 atom stereocenters.